The first-order chi connectivity index (χ1) is 11.7. The molecule has 2 aliphatic rings. The average Bonchev–Trinajstić information content (AvgIpc) is 3.06. The van der Waals surface area contributed by atoms with Crippen molar-refractivity contribution in [3.63, 3.8) is 0 Å². The van der Waals surface area contributed by atoms with Crippen LogP contribution in [0.5, 0.6) is 0 Å². The van der Waals surface area contributed by atoms with Crippen LogP contribution in [0.2, 0.25) is 0 Å². The molecule has 7 nitrogen and oxygen atoms in total. The molecule has 3 rings (SSSR count). The molecule has 1 aromatic rings. The number of aromatic nitrogens is 2. The lowest BCUT2D eigenvalue weighted by Crippen LogP contribution is -2.59. The maximum Gasteiger partial charge on any atom is 0.272 e. The van der Waals surface area contributed by atoms with Crippen molar-refractivity contribution in [2.24, 2.45) is 5.92 Å². The van der Waals surface area contributed by atoms with Crippen LogP contribution in [0.4, 0.5) is 0 Å². The van der Waals surface area contributed by atoms with Crippen LogP contribution in [0, 0.1) is 5.92 Å². The summed E-state index contributed by atoms with van der Waals surface area (Å²) in [6, 6.07) is 1.52. The van der Waals surface area contributed by atoms with Crippen molar-refractivity contribution in [3.05, 3.63) is 17.5 Å². The number of carbonyl (C=O) groups is 1. The third-order valence-corrected chi connectivity index (χ3v) is 6.88. The van der Waals surface area contributed by atoms with Gasteiger partial charge in [0.2, 0.25) is 0 Å². The van der Waals surface area contributed by atoms with Crippen molar-refractivity contribution in [3.8, 4) is 0 Å². The summed E-state index contributed by atoms with van der Waals surface area (Å²) in [5.41, 5.74) is 1.50. The summed E-state index contributed by atoms with van der Waals surface area (Å²) in [5.74, 6) is 0.580. The summed E-state index contributed by atoms with van der Waals surface area (Å²) in [5, 5.41) is 4.55. The minimum atomic E-state index is -3.09. The Balaban J connectivity index is 1.89. The molecule has 2 aliphatic heterocycles. The van der Waals surface area contributed by atoms with E-state index in [1.165, 1.54) is 0 Å². The molecule has 0 spiro atoms. The minimum absolute atomic E-state index is 0.0624. The lowest BCUT2D eigenvalue weighted by molar-refractivity contribution is 0.0399. The summed E-state index contributed by atoms with van der Waals surface area (Å²) in [7, 11) is -1.15. The monoisotopic (exact) mass is 368 g/mol. The molecule has 2 fully saturated rings. The second-order valence-corrected chi connectivity index (χ2v) is 9.78. The number of fused-ring (bicyclic) bond motifs is 1. The van der Waals surface area contributed by atoms with Crippen LogP contribution in [0.3, 0.4) is 0 Å². The number of amides is 1. The van der Waals surface area contributed by atoms with Crippen LogP contribution >= 0.6 is 0 Å². The second kappa shape index (κ2) is 6.72. The fourth-order valence-corrected chi connectivity index (χ4v) is 5.98. The maximum absolute atomic E-state index is 13.2. The van der Waals surface area contributed by atoms with E-state index in [1.807, 2.05) is 20.0 Å². The summed E-state index contributed by atoms with van der Waals surface area (Å²) >= 11 is 0. The zero-order chi connectivity index (χ0) is 18.4. The molecule has 0 aliphatic carbocycles. The molecule has 2 saturated heterocycles. The first kappa shape index (κ1) is 18.4. The molecule has 0 aromatic carbocycles. The summed E-state index contributed by atoms with van der Waals surface area (Å²) in [6.07, 6.45) is 0.830. The number of likely N-dealkylation sites (N-methyl/N-ethyl adjacent to an activating group) is 1. The predicted molar refractivity (Wildman–Crippen MR) is 96.3 cm³/mol. The van der Waals surface area contributed by atoms with Crippen molar-refractivity contribution < 1.29 is 13.2 Å². The van der Waals surface area contributed by atoms with Gasteiger partial charge in [0.25, 0.3) is 5.91 Å². The fourth-order valence-electron chi connectivity index (χ4n) is 3.93. The SMILES string of the molecule is CCn1nc(CC(C)C)cc1C(=O)N1CCN(C)[C@@H]2CS(=O)(=O)C[C@@H]21. The van der Waals surface area contributed by atoms with Crippen molar-refractivity contribution in [1.29, 1.82) is 0 Å². The Kier molecular flexibility index (Phi) is 4.94. The van der Waals surface area contributed by atoms with Gasteiger partial charge in [-0.3, -0.25) is 14.4 Å². The van der Waals surface area contributed by atoms with Gasteiger partial charge in [0.15, 0.2) is 9.84 Å². The number of hydrogen-bond donors (Lipinski definition) is 0. The lowest BCUT2D eigenvalue weighted by atomic mass is 10.0. The topological polar surface area (TPSA) is 75.5 Å². The van der Waals surface area contributed by atoms with Gasteiger partial charge >= 0.3 is 0 Å². The van der Waals surface area contributed by atoms with Gasteiger partial charge in [-0.15, -0.1) is 0 Å². The molecule has 140 valence electrons. The zero-order valence-corrected chi connectivity index (χ0v) is 16.3. The Hall–Kier alpha value is -1.41. The molecular weight excluding hydrogens is 340 g/mol. The Morgan fingerprint density at radius 1 is 1.28 bits per heavy atom. The van der Waals surface area contributed by atoms with Crippen LogP contribution in [0.1, 0.15) is 37.0 Å². The highest BCUT2D eigenvalue weighted by molar-refractivity contribution is 7.91. The molecule has 1 amide bonds. The molecule has 3 heterocycles. The Morgan fingerprint density at radius 2 is 1.96 bits per heavy atom. The number of carbonyl (C=O) groups excluding carboxylic acids is 1. The van der Waals surface area contributed by atoms with Crippen molar-refractivity contribution >= 4 is 15.7 Å². The van der Waals surface area contributed by atoms with Crippen molar-refractivity contribution in [1.82, 2.24) is 19.6 Å². The van der Waals surface area contributed by atoms with Crippen molar-refractivity contribution in [2.75, 3.05) is 31.6 Å². The van der Waals surface area contributed by atoms with E-state index in [0.29, 0.717) is 31.2 Å². The van der Waals surface area contributed by atoms with E-state index in [4.69, 9.17) is 0 Å². The van der Waals surface area contributed by atoms with Crippen LogP contribution in [0.15, 0.2) is 6.07 Å². The smallest absolute Gasteiger partial charge is 0.272 e. The highest BCUT2D eigenvalue weighted by Gasteiger charge is 2.47. The van der Waals surface area contributed by atoms with Gasteiger partial charge in [-0.2, -0.15) is 5.10 Å². The first-order valence-corrected chi connectivity index (χ1v) is 10.8. The molecule has 2 atom stereocenters. The number of sulfone groups is 1. The molecule has 0 unspecified atom stereocenters. The molecule has 0 radical (unpaired) electrons. The first-order valence-electron chi connectivity index (χ1n) is 9.00. The Bertz CT molecular complexity index is 756. The van der Waals surface area contributed by atoms with Crippen LogP contribution in [0.25, 0.3) is 0 Å². The molecule has 1 aromatic heterocycles. The van der Waals surface area contributed by atoms with Crippen molar-refractivity contribution in [2.45, 2.75) is 45.8 Å². The highest BCUT2D eigenvalue weighted by Crippen LogP contribution is 2.27. The lowest BCUT2D eigenvalue weighted by Gasteiger charge is -2.42. The molecule has 25 heavy (non-hydrogen) atoms. The predicted octanol–water partition coefficient (Wildman–Crippen LogP) is 0.655. The van der Waals surface area contributed by atoms with Gasteiger partial charge in [0, 0.05) is 25.7 Å². The fraction of sp³-hybridized carbons (Fsp3) is 0.765. The average molecular weight is 369 g/mol. The van der Waals surface area contributed by atoms with Gasteiger partial charge in [-0.1, -0.05) is 13.8 Å². The largest absolute Gasteiger partial charge is 0.330 e. The molecule has 0 bridgehead atoms. The Morgan fingerprint density at radius 3 is 2.60 bits per heavy atom. The van der Waals surface area contributed by atoms with Gasteiger partial charge in [0.1, 0.15) is 5.69 Å². The van der Waals surface area contributed by atoms with E-state index in [-0.39, 0.29) is 29.5 Å². The van der Waals surface area contributed by atoms with E-state index in [2.05, 4.69) is 23.8 Å². The number of piperazine rings is 1. The maximum atomic E-state index is 13.2. The molecule has 8 heteroatoms. The molecule has 0 saturated carbocycles. The highest BCUT2D eigenvalue weighted by atomic mass is 32.2. The Labute approximate surface area is 149 Å². The summed E-state index contributed by atoms with van der Waals surface area (Å²) < 4.78 is 26.0. The minimum Gasteiger partial charge on any atom is -0.330 e. The van der Waals surface area contributed by atoms with Crippen LogP contribution < -0.4 is 0 Å². The van der Waals surface area contributed by atoms with Gasteiger partial charge in [-0.05, 0) is 32.4 Å². The third kappa shape index (κ3) is 3.60. The van der Waals surface area contributed by atoms with E-state index < -0.39 is 9.84 Å². The second-order valence-electron chi connectivity index (χ2n) is 7.63. The van der Waals surface area contributed by atoms with E-state index in [1.54, 1.807) is 9.58 Å². The molecule has 0 N–H and O–H groups in total. The number of hydrogen-bond acceptors (Lipinski definition) is 5. The van der Waals surface area contributed by atoms with E-state index in [9.17, 15) is 13.2 Å². The number of rotatable bonds is 4. The number of aryl methyl sites for hydroxylation is 1. The normalized spacial score (nSPS) is 26.2. The molecular formula is C17H28N4O3S. The summed E-state index contributed by atoms with van der Waals surface area (Å²) in [4.78, 5) is 17.0. The van der Waals surface area contributed by atoms with Gasteiger partial charge in [-0.25, -0.2) is 8.42 Å². The quantitative estimate of drug-likeness (QED) is 0.780. The standard InChI is InChI=1S/C17H28N4O3S/c1-5-21-14(9-13(18-21)8-12(2)3)17(22)20-7-6-19(4)15-10-25(23,24)11-16(15)20/h9,12,15-16H,5-8,10-11H2,1-4H3/t15-,16+/m1/s1. The van der Waals surface area contributed by atoms with Gasteiger partial charge in [0.05, 0.1) is 23.2 Å². The number of nitrogens with zero attached hydrogens (tertiary/aromatic N) is 4. The van der Waals surface area contributed by atoms with Crippen LogP contribution in [-0.4, -0.2) is 77.6 Å². The van der Waals surface area contributed by atoms with Gasteiger partial charge < -0.3 is 4.90 Å². The van der Waals surface area contributed by atoms with E-state index >= 15 is 0 Å². The zero-order valence-electron chi connectivity index (χ0n) is 15.5. The summed E-state index contributed by atoms with van der Waals surface area (Å²) in [6.45, 7) is 8.10. The van der Waals surface area contributed by atoms with Crippen LogP contribution in [-0.2, 0) is 22.8 Å². The third-order valence-electron chi connectivity index (χ3n) is 5.18. The van der Waals surface area contributed by atoms with E-state index in [0.717, 1.165) is 12.1 Å².